The zero-order valence-corrected chi connectivity index (χ0v) is 12.7. The summed E-state index contributed by atoms with van der Waals surface area (Å²) >= 11 is 0. The number of ether oxygens (including phenoxy) is 1. The monoisotopic (exact) mass is 301 g/mol. The molecule has 3 nitrogen and oxygen atoms in total. The lowest BCUT2D eigenvalue weighted by atomic mass is 9.97. The van der Waals surface area contributed by atoms with Gasteiger partial charge in [0.15, 0.2) is 5.78 Å². The maximum absolute atomic E-state index is 13.1. The number of fused-ring (bicyclic) bond motifs is 2. The van der Waals surface area contributed by atoms with E-state index in [1.54, 1.807) is 13.3 Å². The summed E-state index contributed by atoms with van der Waals surface area (Å²) in [5.41, 5.74) is 2.34. The Bertz CT molecular complexity index is 1030. The van der Waals surface area contributed by atoms with Crippen LogP contribution < -0.4 is 4.74 Å². The highest BCUT2D eigenvalue weighted by atomic mass is 16.5. The number of nitrogens with one attached hydrogen (secondary N) is 1. The molecule has 0 radical (unpaired) electrons. The number of benzene rings is 3. The van der Waals surface area contributed by atoms with Crippen LogP contribution in [0.4, 0.5) is 0 Å². The van der Waals surface area contributed by atoms with Crippen molar-refractivity contribution >= 4 is 27.5 Å². The normalized spacial score (nSPS) is 11.0. The van der Waals surface area contributed by atoms with Gasteiger partial charge < -0.3 is 9.72 Å². The summed E-state index contributed by atoms with van der Waals surface area (Å²) in [5.74, 6) is 0.762. The van der Waals surface area contributed by atoms with E-state index >= 15 is 0 Å². The average Bonchev–Trinajstić information content (AvgIpc) is 3.04. The van der Waals surface area contributed by atoms with Gasteiger partial charge in [0.05, 0.1) is 7.11 Å². The van der Waals surface area contributed by atoms with Crippen molar-refractivity contribution in [1.82, 2.24) is 4.98 Å². The molecule has 1 aromatic heterocycles. The van der Waals surface area contributed by atoms with Crippen LogP contribution in [0.5, 0.6) is 5.75 Å². The van der Waals surface area contributed by atoms with Gasteiger partial charge in [-0.25, -0.2) is 0 Å². The molecule has 1 N–H and O–H groups in total. The molecule has 0 saturated heterocycles. The third kappa shape index (κ3) is 2.18. The van der Waals surface area contributed by atoms with Gasteiger partial charge in [0.25, 0.3) is 0 Å². The number of ketones is 1. The zero-order valence-electron chi connectivity index (χ0n) is 12.7. The van der Waals surface area contributed by atoms with E-state index in [2.05, 4.69) is 4.98 Å². The Labute approximate surface area is 133 Å². The third-order valence-electron chi connectivity index (χ3n) is 4.17. The molecule has 0 aliphatic carbocycles. The van der Waals surface area contributed by atoms with Crippen molar-refractivity contribution in [3.8, 4) is 5.75 Å². The fraction of sp³-hybridized carbons (Fsp3) is 0.0500. The predicted octanol–water partition coefficient (Wildman–Crippen LogP) is 4.56. The average molecular weight is 301 g/mol. The van der Waals surface area contributed by atoms with Gasteiger partial charge >= 0.3 is 0 Å². The molecule has 0 unspecified atom stereocenters. The summed E-state index contributed by atoms with van der Waals surface area (Å²) < 4.78 is 5.30. The molecule has 0 spiro atoms. The maximum atomic E-state index is 13.1. The van der Waals surface area contributed by atoms with Crippen molar-refractivity contribution in [2.75, 3.05) is 7.11 Å². The second-order valence-corrected chi connectivity index (χ2v) is 5.47. The molecular weight excluding hydrogens is 286 g/mol. The standard InChI is InChI=1S/C20H15NO2/c1-23-14-10-9-13-5-4-7-16(17(13)11-14)20(22)18-12-21-19-8-3-2-6-15(18)19/h2-12,21H,1H3. The van der Waals surface area contributed by atoms with Gasteiger partial charge in [-0.15, -0.1) is 0 Å². The lowest BCUT2D eigenvalue weighted by Gasteiger charge is -2.07. The van der Waals surface area contributed by atoms with E-state index in [9.17, 15) is 4.79 Å². The molecule has 112 valence electrons. The van der Waals surface area contributed by atoms with E-state index in [0.717, 1.165) is 27.4 Å². The van der Waals surface area contributed by atoms with E-state index < -0.39 is 0 Å². The first-order valence-corrected chi connectivity index (χ1v) is 7.45. The number of para-hydroxylation sites is 1. The number of rotatable bonds is 3. The van der Waals surface area contributed by atoms with E-state index in [1.807, 2.05) is 60.7 Å². The Morgan fingerprint density at radius 2 is 1.78 bits per heavy atom. The third-order valence-corrected chi connectivity index (χ3v) is 4.17. The number of aromatic amines is 1. The molecular formula is C20H15NO2. The van der Waals surface area contributed by atoms with Crippen LogP contribution in [0.2, 0.25) is 0 Å². The summed E-state index contributed by atoms with van der Waals surface area (Å²) in [6, 6.07) is 19.4. The predicted molar refractivity (Wildman–Crippen MR) is 92.2 cm³/mol. The number of aromatic nitrogens is 1. The molecule has 0 amide bonds. The highest BCUT2D eigenvalue weighted by molar-refractivity contribution is 6.21. The fourth-order valence-electron chi connectivity index (χ4n) is 2.98. The number of hydrogen-bond acceptors (Lipinski definition) is 2. The largest absolute Gasteiger partial charge is 0.497 e. The van der Waals surface area contributed by atoms with Gasteiger partial charge in [-0.05, 0) is 29.0 Å². The van der Waals surface area contributed by atoms with Crippen LogP contribution in [0.3, 0.4) is 0 Å². The van der Waals surface area contributed by atoms with Crippen LogP contribution >= 0.6 is 0 Å². The number of methoxy groups -OCH3 is 1. The molecule has 0 atom stereocenters. The van der Waals surface area contributed by atoms with Crippen molar-refractivity contribution in [3.05, 3.63) is 78.0 Å². The molecule has 23 heavy (non-hydrogen) atoms. The van der Waals surface area contributed by atoms with E-state index in [-0.39, 0.29) is 5.78 Å². The molecule has 4 aromatic rings. The second kappa shape index (κ2) is 5.29. The highest BCUT2D eigenvalue weighted by Gasteiger charge is 2.16. The van der Waals surface area contributed by atoms with E-state index in [1.165, 1.54) is 0 Å². The Morgan fingerprint density at radius 1 is 0.913 bits per heavy atom. The highest BCUT2D eigenvalue weighted by Crippen LogP contribution is 2.28. The van der Waals surface area contributed by atoms with Gasteiger partial charge in [-0.1, -0.05) is 42.5 Å². The van der Waals surface area contributed by atoms with Gasteiger partial charge in [-0.2, -0.15) is 0 Å². The first-order chi connectivity index (χ1) is 11.3. The van der Waals surface area contributed by atoms with Crippen molar-refractivity contribution in [2.45, 2.75) is 0 Å². The van der Waals surface area contributed by atoms with E-state index in [4.69, 9.17) is 4.74 Å². The van der Waals surface area contributed by atoms with Gasteiger partial charge in [0.1, 0.15) is 5.75 Å². The smallest absolute Gasteiger partial charge is 0.195 e. The molecule has 3 heteroatoms. The molecule has 0 bridgehead atoms. The summed E-state index contributed by atoms with van der Waals surface area (Å²) in [4.78, 5) is 16.2. The van der Waals surface area contributed by atoms with E-state index in [0.29, 0.717) is 11.1 Å². The Balaban J connectivity index is 1.93. The van der Waals surface area contributed by atoms with Gasteiger partial charge in [0.2, 0.25) is 0 Å². The molecule has 1 heterocycles. The number of H-pyrrole nitrogens is 1. The summed E-state index contributed by atoms with van der Waals surface area (Å²) in [6.07, 6.45) is 1.78. The van der Waals surface area contributed by atoms with Crippen molar-refractivity contribution < 1.29 is 9.53 Å². The lowest BCUT2D eigenvalue weighted by Crippen LogP contribution is -2.01. The minimum Gasteiger partial charge on any atom is -0.497 e. The van der Waals surface area contributed by atoms with Crippen LogP contribution in [-0.4, -0.2) is 17.9 Å². The SMILES string of the molecule is COc1ccc2cccc(C(=O)c3c[nH]c4ccccc34)c2c1. The van der Waals surface area contributed by atoms with Crippen LogP contribution in [-0.2, 0) is 0 Å². The number of carbonyl (C=O) groups excluding carboxylic acids is 1. The number of carbonyl (C=O) groups is 1. The minimum absolute atomic E-state index is 0.0151. The van der Waals surface area contributed by atoms with Crippen molar-refractivity contribution in [3.63, 3.8) is 0 Å². The molecule has 0 fully saturated rings. The molecule has 4 rings (SSSR count). The maximum Gasteiger partial charge on any atom is 0.195 e. The van der Waals surface area contributed by atoms with Gasteiger partial charge in [-0.3, -0.25) is 4.79 Å². The summed E-state index contributed by atoms with van der Waals surface area (Å²) in [6.45, 7) is 0. The summed E-state index contributed by atoms with van der Waals surface area (Å²) in [7, 11) is 1.63. The molecule has 0 aliphatic heterocycles. The minimum atomic E-state index is 0.0151. The van der Waals surface area contributed by atoms with Crippen LogP contribution in [0.1, 0.15) is 15.9 Å². The molecule has 0 aliphatic rings. The van der Waals surface area contributed by atoms with Crippen LogP contribution in [0, 0.1) is 0 Å². The van der Waals surface area contributed by atoms with Crippen molar-refractivity contribution in [1.29, 1.82) is 0 Å². The Morgan fingerprint density at radius 3 is 2.65 bits per heavy atom. The first kappa shape index (κ1) is 13.6. The zero-order chi connectivity index (χ0) is 15.8. The molecule has 3 aromatic carbocycles. The van der Waals surface area contributed by atoms with Gasteiger partial charge in [0, 0.05) is 28.2 Å². The van der Waals surface area contributed by atoms with Crippen molar-refractivity contribution in [2.24, 2.45) is 0 Å². The topological polar surface area (TPSA) is 42.1 Å². The fourth-order valence-corrected chi connectivity index (χ4v) is 2.98. The summed E-state index contributed by atoms with van der Waals surface area (Å²) in [5, 5.41) is 2.87. The molecule has 0 saturated carbocycles. The number of hydrogen-bond donors (Lipinski definition) is 1. The first-order valence-electron chi connectivity index (χ1n) is 7.45. The van der Waals surface area contributed by atoms with Crippen LogP contribution in [0.25, 0.3) is 21.7 Å². The Hall–Kier alpha value is -3.07. The lowest BCUT2D eigenvalue weighted by molar-refractivity contribution is 0.104. The Kier molecular flexibility index (Phi) is 3.12. The van der Waals surface area contributed by atoms with Crippen LogP contribution in [0.15, 0.2) is 66.9 Å². The second-order valence-electron chi connectivity index (χ2n) is 5.47. The quantitative estimate of drug-likeness (QED) is 0.564.